The summed E-state index contributed by atoms with van der Waals surface area (Å²) in [6.45, 7) is 0.543. The molecule has 0 amide bonds. The lowest BCUT2D eigenvalue weighted by molar-refractivity contribution is 0.00706. The zero-order valence-corrected chi connectivity index (χ0v) is 19.9. The number of imidazole rings is 1. The van der Waals surface area contributed by atoms with Gasteiger partial charge in [-0.3, -0.25) is 4.98 Å². The van der Waals surface area contributed by atoms with Crippen molar-refractivity contribution in [2.75, 3.05) is 13.2 Å². The molecule has 2 fully saturated rings. The van der Waals surface area contributed by atoms with Gasteiger partial charge in [0.25, 0.3) is 6.01 Å². The molecule has 13 heteroatoms. The Morgan fingerprint density at radius 2 is 1.86 bits per heavy atom. The molecule has 2 N–H and O–H groups in total. The first kappa shape index (κ1) is 22.2. The fraction of sp³-hybridized carbons (Fsp3) is 0.250. The second-order valence-electron chi connectivity index (χ2n) is 8.78. The zero-order valence-electron chi connectivity index (χ0n) is 19.1. The molecule has 6 heterocycles. The van der Waals surface area contributed by atoms with Crippen molar-refractivity contribution < 1.29 is 19.3 Å². The van der Waals surface area contributed by atoms with Crippen LogP contribution in [0.5, 0.6) is 6.01 Å². The van der Waals surface area contributed by atoms with E-state index in [1.54, 1.807) is 16.9 Å². The van der Waals surface area contributed by atoms with Gasteiger partial charge in [0.15, 0.2) is 11.8 Å². The minimum atomic E-state index is -0.643. The molecule has 186 valence electrons. The number of fused-ring (bicyclic) bond motifs is 2. The molecule has 2 aliphatic heterocycles. The first-order chi connectivity index (χ1) is 18.1. The van der Waals surface area contributed by atoms with E-state index in [4.69, 9.17) is 25.8 Å². The van der Waals surface area contributed by atoms with E-state index in [0.29, 0.717) is 34.5 Å². The van der Waals surface area contributed by atoms with Crippen molar-refractivity contribution in [3.63, 3.8) is 0 Å². The van der Waals surface area contributed by atoms with E-state index in [9.17, 15) is 5.11 Å². The van der Waals surface area contributed by atoms with Crippen molar-refractivity contribution in [2.45, 2.75) is 24.4 Å². The second kappa shape index (κ2) is 8.85. The summed E-state index contributed by atoms with van der Waals surface area (Å²) in [7, 11) is 0. The van der Waals surface area contributed by atoms with Crippen LogP contribution in [-0.4, -0.2) is 82.9 Å². The Bertz CT molecular complexity index is 1560. The van der Waals surface area contributed by atoms with E-state index in [2.05, 4.69) is 35.5 Å². The molecule has 0 unspecified atom stereocenters. The van der Waals surface area contributed by atoms with Gasteiger partial charge in [0.2, 0.25) is 0 Å². The Morgan fingerprint density at radius 1 is 1.03 bits per heavy atom. The second-order valence-corrected chi connectivity index (χ2v) is 9.19. The summed E-state index contributed by atoms with van der Waals surface area (Å²) in [5.74, 6) is 0. The number of hydrogen-bond acceptors (Lipinski definition) is 10. The van der Waals surface area contributed by atoms with Crippen LogP contribution in [0.1, 0.15) is 0 Å². The predicted octanol–water partition coefficient (Wildman–Crippen LogP) is 2.22. The highest BCUT2D eigenvalue weighted by Crippen LogP contribution is 2.33. The number of aliphatic hydroxyl groups excluding tert-OH is 1. The SMILES string of the molecule is O[C@@H]1CO[C@H]2[C@@H]1OC[C@H]2Oc1nc2nc(-c3ccc(-c4ccc(-n5cnnn5)cn4)cc3)c(Cl)cc2[nH]1. The van der Waals surface area contributed by atoms with Crippen molar-refractivity contribution in [2.24, 2.45) is 0 Å². The number of H-pyrrole nitrogens is 1. The average Bonchev–Trinajstić information content (AvgIpc) is 3.71. The van der Waals surface area contributed by atoms with Crippen LogP contribution >= 0.6 is 11.6 Å². The maximum atomic E-state index is 9.93. The first-order valence-corrected chi connectivity index (χ1v) is 11.9. The lowest BCUT2D eigenvalue weighted by Crippen LogP contribution is -2.34. The van der Waals surface area contributed by atoms with Gasteiger partial charge in [0.1, 0.15) is 24.6 Å². The number of tetrazole rings is 1. The number of aromatic amines is 1. The third kappa shape index (κ3) is 4.00. The molecule has 0 aliphatic carbocycles. The van der Waals surface area contributed by atoms with Gasteiger partial charge in [-0.1, -0.05) is 35.9 Å². The number of halogens is 1. The van der Waals surface area contributed by atoms with E-state index in [0.717, 1.165) is 22.5 Å². The number of hydrogen-bond donors (Lipinski definition) is 2. The minimum absolute atomic E-state index is 0.233. The van der Waals surface area contributed by atoms with Crippen LogP contribution in [0, 0.1) is 0 Å². The highest BCUT2D eigenvalue weighted by atomic mass is 35.5. The van der Waals surface area contributed by atoms with Gasteiger partial charge in [-0.15, -0.1) is 5.10 Å². The molecule has 0 bridgehead atoms. The van der Waals surface area contributed by atoms with E-state index < -0.39 is 6.10 Å². The summed E-state index contributed by atoms with van der Waals surface area (Å²) in [6, 6.07) is 13.7. The number of aliphatic hydroxyl groups is 1. The standard InChI is InChI=1S/C24H19ClN8O4/c25-15-7-17-23(30-24(28-17)37-19-10-36-21-18(34)9-35-22(19)21)29-20(15)13-3-1-12(2-4-13)16-6-5-14(8-26-16)33-11-27-31-32-33/h1-8,11,18-19,21-22,34H,9-10H2,(H,28,29,30)/t18-,19-,21-,22-/m1/s1. The first-order valence-electron chi connectivity index (χ1n) is 11.6. The summed E-state index contributed by atoms with van der Waals surface area (Å²) in [5, 5.41) is 21.6. The molecule has 0 spiro atoms. The summed E-state index contributed by atoms with van der Waals surface area (Å²) >= 11 is 6.58. The molecule has 12 nitrogen and oxygen atoms in total. The van der Waals surface area contributed by atoms with Gasteiger partial charge in [0, 0.05) is 11.1 Å². The van der Waals surface area contributed by atoms with Crippen molar-refractivity contribution in [3.8, 4) is 34.2 Å². The summed E-state index contributed by atoms with van der Waals surface area (Å²) in [5.41, 5.74) is 5.08. The monoisotopic (exact) mass is 518 g/mol. The molecular weight excluding hydrogens is 500 g/mol. The van der Waals surface area contributed by atoms with E-state index in [-0.39, 0.29) is 24.9 Å². The van der Waals surface area contributed by atoms with E-state index in [1.807, 2.05) is 36.4 Å². The number of benzene rings is 1. The number of nitrogens with one attached hydrogen (secondary N) is 1. The highest BCUT2D eigenvalue weighted by molar-refractivity contribution is 6.33. The van der Waals surface area contributed by atoms with Gasteiger partial charge in [-0.25, -0.2) is 4.98 Å². The van der Waals surface area contributed by atoms with Crippen molar-refractivity contribution >= 4 is 22.8 Å². The number of pyridine rings is 2. The maximum absolute atomic E-state index is 9.93. The molecular formula is C24H19ClN8O4. The summed E-state index contributed by atoms with van der Waals surface area (Å²) in [4.78, 5) is 16.8. The lowest BCUT2D eigenvalue weighted by Gasteiger charge is -2.15. The molecule has 0 radical (unpaired) electrons. The van der Waals surface area contributed by atoms with Crippen molar-refractivity contribution in [1.29, 1.82) is 0 Å². The number of ether oxygens (including phenoxy) is 3. The smallest absolute Gasteiger partial charge is 0.296 e. The highest BCUT2D eigenvalue weighted by Gasteiger charge is 2.48. The van der Waals surface area contributed by atoms with Gasteiger partial charge >= 0.3 is 0 Å². The quantitative estimate of drug-likeness (QED) is 0.355. The van der Waals surface area contributed by atoms with Crippen LogP contribution in [0.4, 0.5) is 0 Å². The Balaban J connectivity index is 1.11. The number of nitrogens with zero attached hydrogens (tertiary/aromatic N) is 7. The van der Waals surface area contributed by atoms with Crippen molar-refractivity contribution in [1.82, 2.24) is 40.1 Å². The van der Waals surface area contributed by atoms with Crippen LogP contribution in [0.25, 0.3) is 39.4 Å². The molecule has 4 aromatic heterocycles. The molecule has 37 heavy (non-hydrogen) atoms. The third-order valence-electron chi connectivity index (χ3n) is 6.47. The van der Waals surface area contributed by atoms with E-state index >= 15 is 0 Å². The van der Waals surface area contributed by atoms with Crippen LogP contribution in [0.15, 0.2) is 55.0 Å². The predicted molar refractivity (Wildman–Crippen MR) is 130 cm³/mol. The zero-order chi connectivity index (χ0) is 24.9. The van der Waals surface area contributed by atoms with Crippen LogP contribution in [0.2, 0.25) is 5.02 Å². The van der Waals surface area contributed by atoms with Crippen LogP contribution in [0.3, 0.4) is 0 Å². The number of rotatable bonds is 5. The third-order valence-corrected chi connectivity index (χ3v) is 6.75. The van der Waals surface area contributed by atoms with Crippen LogP contribution < -0.4 is 4.74 Å². The Hall–Kier alpha value is -3.97. The minimum Gasteiger partial charge on any atom is -0.456 e. The van der Waals surface area contributed by atoms with Gasteiger partial charge in [-0.05, 0) is 28.6 Å². The van der Waals surface area contributed by atoms with Crippen LogP contribution in [-0.2, 0) is 9.47 Å². The average molecular weight is 519 g/mol. The van der Waals surface area contributed by atoms with Gasteiger partial charge < -0.3 is 24.3 Å². The Labute approximate surface area is 214 Å². The molecule has 4 atom stereocenters. The maximum Gasteiger partial charge on any atom is 0.296 e. The molecule has 7 rings (SSSR count). The topological polar surface area (TPSA) is 146 Å². The van der Waals surface area contributed by atoms with E-state index in [1.165, 1.54) is 6.33 Å². The molecule has 2 saturated heterocycles. The van der Waals surface area contributed by atoms with Gasteiger partial charge in [0.05, 0.1) is 47.0 Å². The Kier molecular flexibility index (Phi) is 5.32. The fourth-order valence-corrected chi connectivity index (χ4v) is 4.87. The number of aromatic nitrogens is 8. The Morgan fingerprint density at radius 3 is 2.65 bits per heavy atom. The van der Waals surface area contributed by atoms with Gasteiger partial charge in [-0.2, -0.15) is 9.67 Å². The summed E-state index contributed by atoms with van der Waals surface area (Å²) in [6.07, 6.45) is 1.50. The molecule has 2 aliphatic rings. The van der Waals surface area contributed by atoms with Crippen molar-refractivity contribution in [3.05, 3.63) is 60.0 Å². The normalized spacial score (nSPS) is 23.0. The largest absolute Gasteiger partial charge is 0.456 e. The fourth-order valence-electron chi connectivity index (χ4n) is 4.61. The molecule has 0 saturated carbocycles. The molecule has 1 aromatic carbocycles. The molecule has 5 aromatic rings. The lowest BCUT2D eigenvalue weighted by atomic mass is 10.1. The summed E-state index contributed by atoms with van der Waals surface area (Å²) < 4.78 is 18.7.